The Kier molecular flexibility index (Phi) is 4.34. The number of carbonyl (C=O) groups is 1. The number of carbonyl (C=O) groups excluding carboxylic acids is 1. The fourth-order valence-corrected chi connectivity index (χ4v) is 2.03. The molecule has 19 heavy (non-hydrogen) atoms. The molecule has 0 aliphatic carbocycles. The highest BCUT2D eigenvalue weighted by molar-refractivity contribution is 6.20. The fraction of sp³-hybridized carbons (Fsp3) is 0.417. The van der Waals surface area contributed by atoms with Crippen LogP contribution in [0.4, 0.5) is 0 Å². The van der Waals surface area contributed by atoms with Crippen molar-refractivity contribution < 1.29 is 9.53 Å². The molecule has 0 aromatic carbocycles. The number of ether oxygens (including phenoxy) is 1. The molecule has 2 heterocycles. The monoisotopic (exact) mass is 282 g/mol. The van der Waals surface area contributed by atoms with E-state index in [2.05, 4.69) is 9.97 Å². The highest BCUT2D eigenvalue weighted by Gasteiger charge is 2.14. The van der Waals surface area contributed by atoms with E-state index in [1.807, 2.05) is 17.6 Å². The summed E-state index contributed by atoms with van der Waals surface area (Å²) < 4.78 is 7.14. The lowest BCUT2D eigenvalue weighted by Gasteiger charge is -2.10. The van der Waals surface area contributed by atoms with Crippen molar-refractivity contribution >= 4 is 28.5 Å². The van der Waals surface area contributed by atoms with E-state index in [4.69, 9.17) is 22.1 Å². The number of amides is 1. The topological polar surface area (TPSA) is 83.0 Å². The Morgan fingerprint density at radius 3 is 3.11 bits per heavy atom. The first kappa shape index (κ1) is 13.8. The minimum absolute atomic E-state index is 0.0834. The molecular weight excluding hydrogens is 268 g/mol. The van der Waals surface area contributed by atoms with Crippen LogP contribution in [-0.4, -0.2) is 33.7 Å². The third-order valence-electron chi connectivity index (χ3n) is 2.64. The molecule has 7 heteroatoms. The Hall–Kier alpha value is -1.66. The number of hydrogen-bond donors (Lipinski definition) is 1. The van der Waals surface area contributed by atoms with Gasteiger partial charge in [-0.3, -0.25) is 9.78 Å². The molecule has 2 rings (SSSR count). The van der Waals surface area contributed by atoms with Crippen LogP contribution in [-0.2, 0) is 16.1 Å². The molecule has 0 fully saturated rings. The van der Waals surface area contributed by atoms with Crippen molar-refractivity contribution in [1.82, 2.24) is 14.5 Å². The van der Waals surface area contributed by atoms with Gasteiger partial charge < -0.3 is 15.0 Å². The van der Waals surface area contributed by atoms with E-state index in [9.17, 15) is 4.79 Å². The van der Waals surface area contributed by atoms with E-state index >= 15 is 0 Å². The summed E-state index contributed by atoms with van der Waals surface area (Å²) in [7, 11) is 0. The van der Waals surface area contributed by atoms with Crippen LogP contribution in [0.25, 0.3) is 11.0 Å². The molecule has 2 aromatic heterocycles. The molecule has 0 spiro atoms. The normalized spacial score (nSPS) is 12.7. The quantitative estimate of drug-likeness (QED) is 0.638. The van der Waals surface area contributed by atoms with Gasteiger partial charge in [-0.1, -0.05) is 0 Å². The van der Waals surface area contributed by atoms with Gasteiger partial charge >= 0.3 is 0 Å². The second-order valence-corrected chi connectivity index (χ2v) is 4.78. The SMILES string of the molecule is CC(Cl)c1nc2cnccc2n1CCOCC(N)=O. The number of nitrogens with two attached hydrogens (primary N) is 1. The van der Waals surface area contributed by atoms with Crippen molar-refractivity contribution in [2.24, 2.45) is 5.73 Å². The van der Waals surface area contributed by atoms with Crippen LogP contribution >= 0.6 is 11.6 Å². The van der Waals surface area contributed by atoms with E-state index in [0.29, 0.717) is 13.2 Å². The van der Waals surface area contributed by atoms with E-state index in [1.165, 1.54) is 0 Å². The summed E-state index contributed by atoms with van der Waals surface area (Å²) in [5.74, 6) is 0.276. The third-order valence-corrected chi connectivity index (χ3v) is 2.83. The summed E-state index contributed by atoms with van der Waals surface area (Å²) in [6.45, 7) is 2.70. The van der Waals surface area contributed by atoms with E-state index in [-0.39, 0.29) is 12.0 Å². The molecule has 0 radical (unpaired) electrons. The minimum atomic E-state index is -0.481. The van der Waals surface area contributed by atoms with E-state index in [0.717, 1.165) is 16.9 Å². The van der Waals surface area contributed by atoms with Gasteiger partial charge in [-0.25, -0.2) is 4.98 Å². The molecule has 1 unspecified atom stereocenters. The van der Waals surface area contributed by atoms with Crippen molar-refractivity contribution in [2.75, 3.05) is 13.2 Å². The highest BCUT2D eigenvalue weighted by Crippen LogP contribution is 2.23. The molecule has 1 atom stereocenters. The Balaban J connectivity index is 2.19. The molecule has 0 aliphatic rings. The Labute approximate surface area is 115 Å². The van der Waals surface area contributed by atoms with Gasteiger partial charge in [0.25, 0.3) is 0 Å². The Morgan fingerprint density at radius 1 is 1.63 bits per heavy atom. The molecule has 0 bridgehead atoms. The predicted octanol–water partition coefficient (Wildman–Crippen LogP) is 1.23. The zero-order valence-electron chi connectivity index (χ0n) is 10.5. The number of imidazole rings is 1. The Morgan fingerprint density at radius 2 is 2.42 bits per heavy atom. The van der Waals surface area contributed by atoms with E-state index in [1.54, 1.807) is 12.4 Å². The van der Waals surface area contributed by atoms with E-state index < -0.39 is 5.91 Å². The summed E-state index contributed by atoms with van der Waals surface area (Å²) in [4.78, 5) is 19.1. The van der Waals surface area contributed by atoms with Crippen molar-refractivity contribution in [1.29, 1.82) is 0 Å². The summed E-state index contributed by atoms with van der Waals surface area (Å²) in [5.41, 5.74) is 6.74. The molecular formula is C12H15ClN4O2. The van der Waals surface area contributed by atoms with Gasteiger partial charge in [0.05, 0.1) is 23.7 Å². The molecule has 0 saturated heterocycles. The standard InChI is InChI=1S/C12H15ClN4O2/c1-8(13)12-16-9-6-15-3-2-10(9)17(12)4-5-19-7-11(14)18/h2-3,6,8H,4-5,7H2,1H3,(H2,14,18). The fourth-order valence-electron chi connectivity index (χ4n) is 1.87. The van der Waals surface area contributed by atoms with Gasteiger partial charge in [-0.15, -0.1) is 11.6 Å². The first-order valence-corrected chi connectivity index (χ1v) is 6.33. The molecule has 1 amide bonds. The minimum Gasteiger partial charge on any atom is -0.370 e. The zero-order valence-corrected chi connectivity index (χ0v) is 11.3. The molecule has 6 nitrogen and oxygen atoms in total. The van der Waals surface area contributed by atoms with Crippen LogP contribution in [0.1, 0.15) is 18.1 Å². The summed E-state index contributed by atoms with van der Waals surface area (Å²) in [5, 5.41) is -0.219. The molecule has 2 N–H and O–H groups in total. The van der Waals surface area contributed by atoms with Crippen molar-refractivity contribution in [3.8, 4) is 0 Å². The average molecular weight is 283 g/mol. The maximum absolute atomic E-state index is 10.6. The number of primary amides is 1. The second-order valence-electron chi connectivity index (χ2n) is 4.12. The molecule has 0 saturated carbocycles. The maximum atomic E-state index is 10.6. The lowest BCUT2D eigenvalue weighted by atomic mass is 10.4. The van der Waals surface area contributed by atoms with Gasteiger partial charge in [-0.05, 0) is 13.0 Å². The van der Waals surface area contributed by atoms with Crippen molar-refractivity contribution in [3.05, 3.63) is 24.3 Å². The smallest absolute Gasteiger partial charge is 0.243 e. The molecule has 102 valence electrons. The third kappa shape index (κ3) is 3.21. The van der Waals surface area contributed by atoms with Crippen LogP contribution in [0.5, 0.6) is 0 Å². The largest absolute Gasteiger partial charge is 0.370 e. The average Bonchev–Trinajstić information content (AvgIpc) is 2.73. The first-order valence-electron chi connectivity index (χ1n) is 5.90. The number of halogens is 1. The number of nitrogens with zero attached hydrogens (tertiary/aromatic N) is 3. The molecule has 2 aromatic rings. The van der Waals surface area contributed by atoms with Gasteiger partial charge in [0.1, 0.15) is 17.9 Å². The number of rotatable bonds is 6. The van der Waals surface area contributed by atoms with Crippen LogP contribution in [0.2, 0.25) is 0 Å². The second kappa shape index (κ2) is 5.99. The number of alkyl halides is 1. The Bertz CT molecular complexity index is 582. The molecule has 0 aliphatic heterocycles. The number of aromatic nitrogens is 3. The van der Waals surface area contributed by atoms with Gasteiger partial charge in [-0.2, -0.15) is 0 Å². The van der Waals surface area contributed by atoms with Gasteiger partial charge in [0, 0.05) is 12.7 Å². The van der Waals surface area contributed by atoms with Crippen molar-refractivity contribution in [2.45, 2.75) is 18.8 Å². The maximum Gasteiger partial charge on any atom is 0.243 e. The van der Waals surface area contributed by atoms with Crippen molar-refractivity contribution in [3.63, 3.8) is 0 Å². The number of hydrogen-bond acceptors (Lipinski definition) is 4. The zero-order chi connectivity index (χ0) is 13.8. The van der Waals surface area contributed by atoms with Crippen LogP contribution in [0.15, 0.2) is 18.5 Å². The summed E-state index contributed by atoms with van der Waals surface area (Å²) >= 11 is 6.12. The lowest BCUT2D eigenvalue weighted by molar-refractivity contribution is -0.122. The summed E-state index contributed by atoms with van der Waals surface area (Å²) in [6, 6.07) is 1.87. The van der Waals surface area contributed by atoms with Crippen LogP contribution in [0, 0.1) is 0 Å². The summed E-state index contributed by atoms with van der Waals surface area (Å²) in [6.07, 6.45) is 3.40. The van der Waals surface area contributed by atoms with Crippen LogP contribution in [0.3, 0.4) is 0 Å². The lowest BCUT2D eigenvalue weighted by Crippen LogP contribution is -2.20. The number of fused-ring (bicyclic) bond motifs is 1. The van der Waals surface area contributed by atoms with Gasteiger partial charge in [0.2, 0.25) is 5.91 Å². The predicted molar refractivity (Wildman–Crippen MR) is 71.8 cm³/mol. The first-order chi connectivity index (χ1) is 9.09. The van der Waals surface area contributed by atoms with Crippen LogP contribution < -0.4 is 5.73 Å². The van der Waals surface area contributed by atoms with Gasteiger partial charge in [0.15, 0.2) is 0 Å². The highest BCUT2D eigenvalue weighted by atomic mass is 35.5. The number of pyridine rings is 1.